The zero-order valence-corrected chi connectivity index (χ0v) is 13.5. The first-order chi connectivity index (χ1) is 9.38. The van der Waals surface area contributed by atoms with Crippen LogP contribution in [0.5, 0.6) is 0 Å². The summed E-state index contributed by atoms with van der Waals surface area (Å²) in [6.07, 6.45) is 0. The molecule has 0 atom stereocenters. The number of hydrogen-bond acceptors (Lipinski definition) is 6. The molecule has 1 aromatic heterocycles. The van der Waals surface area contributed by atoms with E-state index in [4.69, 9.17) is 0 Å². The fourth-order valence-electron chi connectivity index (χ4n) is 1.96. The second-order valence-electron chi connectivity index (χ2n) is 6.14. The van der Waals surface area contributed by atoms with E-state index in [2.05, 4.69) is 35.4 Å². The van der Waals surface area contributed by atoms with Gasteiger partial charge in [-0.25, -0.2) is 4.98 Å². The van der Waals surface area contributed by atoms with Crippen LogP contribution in [0.25, 0.3) is 0 Å². The molecule has 0 spiro atoms. The molecule has 0 aromatic carbocycles. The van der Waals surface area contributed by atoms with Crippen molar-refractivity contribution in [3.8, 4) is 0 Å². The number of carbonyl (C=O) groups excluding carboxylic acids is 1. The van der Waals surface area contributed by atoms with Crippen molar-refractivity contribution >= 4 is 22.6 Å². The Balaban J connectivity index is 1.95. The van der Waals surface area contributed by atoms with Crippen LogP contribution < -0.4 is 10.2 Å². The van der Waals surface area contributed by atoms with E-state index >= 15 is 0 Å². The van der Waals surface area contributed by atoms with Crippen LogP contribution in [-0.2, 0) is 10.2 Å². The first kappa shape index (κ1) is 15.2. The van der Waals surface area contributed by atoms with Gasteiger partial charge < -0.3 is 15.1 Å². The Kier molecular flexibility index (Phi) is 4.59. The highest BCUT2D eigenvalue weighted by Crippen LogP contribution is 2.24. The normalized spacial score (nSPS) is 16.3. The Morgan fingerprint density at radius 1 is 1.40 bits per heavy atom. The summed E-state index contributed by atoms with van der Waals surface area (Å²) in [5.74, 6) is 0.987. The molecule has 0 radical (unpaired) electrons. The molecule has 20 heavy (non-hydrogen) atoms. The molecule has 1 N–H and O–H groups in total. The number of nitrogens with zero attached hydrogens (tertiary/aromatic N) is 4. The number of likely N-dealkylation sites (N-methyl/N-ethyl adjacent to an activating group) is 1. The topological polar surface area (TPSA) is 61.4 Å². The van der Waals surface area contributed by atoms with Gasteiger partial charge in [-0.15, -0.1) is 0 Å². The monoisotopic (exact) mass is 297 g/mol. The third-order valence-corrected chi connectivity index (χ3v) is 4.09. The predicted molar refractivity (Wildman–Crippen MR) is 81.3 cm³/mol. The van der Waals surface area contributed by atoms with Crippen LogP contribution in [-0.4, -0.2) is 59.9 Å². The lowest BCUT2D eigenvalue weighted by atomic mass is 9.96. The molecule has 0 saturated carbocycles. The molecule has 1 saturated heterocycles. The van der Waals surface area contributed by atoms with Gasteiger partial charge in [-0.3, -0.25) is 4.79 Å². The lowest BCUT2D eigenvalue weighted by molar-refractivity contribution is -0.130. The molecule has 2 rings (SSSR count). The molecule has 0 bridgehead atoms. The van der Waals surface area contributed by atoms with Crippen LogP contribution in [0, 0.1) is 0 Å². The van der Waals surface area contributed by atoms with Crippen molar-refractivity contribution < 1.29 is 4.79 Å². The Morgan fingerprint density at radius 2 is 2.05 bits per heavy atom. The van der Waals surface area contributed by atoms with Gasteiger partial charge in [-0.05, 0) is 0 Å². The van der Waals surface area contributed by atoms with Crippen molar-refractivity contribution in [2.45, 2.75) is 26.2 Å². The first-order valence-corrected chi connectivity index (χ1v) is 7.69. The van der Waals surface area contributed by atoms with E-state index in [9.17, 15) is 4.79 Å². The SMILES string of the molecule is CN(CC(=O)N1CCNCC1)c1nc(C(C)(C)C)ns1. The maximum Gasteiger partial charge on any atom is 0.242 e. The van der Waals surface area contributed by atoms with Gasteiger partial charge in [0, 0.05) is 50.2 Å². The van der Waals surface area contributed by atoms with Crippen molar-refractivity contribution in [2.75, 3.05) is 44.7 Å². The summed E-state index contributed by atoms with van der Waals surface area (Å²) in [4.78, 5) is 20.5. The summed E-state index contributed by atoms with van der Waals surface area (Å²) >= 11 is 1.35. The summed E-state index contributed by atoms with van der Waals surface area (Å²) in [6, 6.07) is 0. The molecular weight excluding hydrogens is 274 g/mol. The predicted octanol–water partition coefficient (Wildman–Crippen LogP) is 0.704. The lowest BCUT2D eigenvalue weighted by Crippen LogP contribution is -2.49. The minimum absolute atomic E-state index is 0.0574. The van der Waals surface area contributed by atoms with Gasteiger partial charge >= 0.3 is 0 Å². The zero-order valence-electron chi connectivity index (χ0n) is 12.6. The van der Waals surface area contributed by atoms with Crippen molar-refractivity contribution in [1.29, 1.82) is 0 Å². The van der Waals surface area contributed by atoms with Gasteiger partial charge in [0.25, 0.3) is 0 Å². The summed E-state index contributed by atoms with van der Waals surface area (Å²) in [5.41, 5.74) is -0.0574. The summed E-state index contributed by atoms with van der Waals surface area (Å²) in [7, 11) is 1.90. The Morgan fingerprint density at radius 3 is 2.60 bits per heavy atom. The molecule has 1 amide bonds. The molecule has 0 aliphatic carbocycles. The standard InChI is InChI=1S/C13H23N5OS/c1-13(2,3)11-15-12(20-16-11)17(4)9-10(19)18-7-5-14-6-8-18/h14H,5-9H2,1-4H3. The highest BCUT2D eigenvalue weighted by molar-refractivity contribution is 7.09. The summed E-state index contributed by atoms with van der Waals surface area (Å²) < 4.78 is 4.38. The first-order valence-electron chi connectivity index (χ1n) is 6.92. The Hall–Kier alpha value is -1.21. The van der Waals surface area contributed by atoms with Gasteiger partial charge in [0.15, 0.2) is 0 Å². The third-order valence-electron chi connectivity index (χ3n) is 3.25. The van der Waals surface area contributed by atoms with E-state index < -0.39 is 0 Å². The molecule has 1 aromatic rings. The minimum atomic E-state index is -0.0574. The number of rotatable bonds is 3. The van der Waals surface area contributed by atoms with Crippen molar-refractivity contribution in [1.82, 2.24) is 19.6 Å². The average Bonchev–Trinajstić information content (AvgIpc) is 2.89. The Bertz CT molecular complexity index is 462. The molecule has 1 aliphatic rings. The van der Waals surface area contributed by atoms with Crippen molar-refractivity contribution in [3.63, 3.8) is 0 Å². The van der Waals surface area contributed by atoms with Crippen LogP contribution in [0.3, 0.4) is 0 Å². The summed E-state index contributed by atoms with van der Waals surface area (Å²) in [5, 5.41) is 4.05. The van der Waals surface area contributed by atoms with Gasteiger partial charge in [0.1, 0.15) is 5.82 Å². The Labute approximate surface area is 124 Å². The maximum absolute atomic E-state index is 12.2. The maximum atomic E-state index is 12.2. The fraction of sp³-hybridized carbons (Fsp3) is 0.769. The van der Waals surface area contributed by atoms with Crippen molar-refractivity contribution in [3.05, 3.63) is 5.82 Å². The minimum Gasteiger partial charge on any atom is -0.341 e. The van der Waals surface area contributed by atoms with E-state index in [1.807, 2.05) is 16.8 Å². The average molecular weight is 297 g/mol. The number of anilines is 1. The lowest BCUT2D eigenvalue weighted by Gasteiger charge is -2.29. The van der Waals surface area contributed by atoms with E-state index in [0.717, 1.165) is 37.1 Å². The number of hydrogen-bond donors (Lipinski definition) is 1. The zero-order chi connectivity index (χ0) is 14.8. The molecular formula is C13H23N5OS. The molecule has 6 nitrogen and oxygen atoms in total. The molecule has 2 heterocycles. The number of piperazine rings is 1. The quantitative estimate of drug-likeness (QED) is 0.890. The molecule has 7 heteroatoms. The smallest absolute Gasteiger partial charge is 0.242 e. The highest BCUT2D eigenvalue weighted by atomic mass is 32.1. The number of nitrogens with one attached hydrogen (secondary N) is 1. The van der Waals surface area contributed by atoms with Gasteiger partial charge in [-0.1, -0.05) is 20.8 Å². The van der Waals surface area contributed by atoms with Gasteiger partial charge in [0.05, 0.1) is 6.54 Å². The van der Waals surface area contributed by atoms with Crippen LogP contribution in [0.2, 0.25) is 0 Å². The van der Waals surface area contributed by atoms with Crippen LogP contribution in [0.1, 0.15) is 26.6 Å². The largest absolute Gasteiger partial charge is 0.341 e. The number of aromatic nitrogens is 2. The van der Waals surface area contributed by atoms with E-state index in [0.29, 0.717) is 6.54 Å². The van der Waals surface area contributed by atoms with E-state index in [1.54, 1.807) is 0 Å². The van der Waals surface area contributed by atoms with Gasteiger partial charge in [0.2, 0.25) is 11.0 Å². The van der Waals surface area contributed by atoms with E-state index in [-0.39, 0.29) is 11.3 Å². The summed E-state index contributed by atoms with van der Waals surface area (Å²) in [6.45, 7) is 9.95. The van der Waals surface area contributed by atoms with Crippen LogP contribution in [0.15, 0.2) is 0 Å². The molecule has 1 aliphatic heterocycles. The molecule has 1 fully saturated rings. The van der Waals surface area contributed by atoms with Crippen molar-refractivity contribution in [2.24, 2.45) is 0 Å². The highest BCUT2D eigenvalue weighted by Gasteiger charge is 2.23. The second-order valence-corrected chi connectivity index (χ2v) is 6.87. The fourth-order valence-corrected chi connectivity index (χ4v) is 2.77. The third kappa shape index (κ3) is 3.67. The van der Waals surface area contributed by atoms with Gasteiger partial charge in [-0.2, -0.15) is 4.37 Å². The van der Waals surface area contributed by atoms with E-state index in [1.165, 1.54) is 11.5 Å². The molecule has 112 valence electrons. The number of amides is 1. The molecule has 0 unspecified atom stereocenters. The number of carbonyl (C=O) groups is 1. The van der Waals surface area contributed by atoms with Crippen LogP contribution >= 0.6 is 11.5 Å². The van der Waals surface area contributed by atoms with Crippen LogP contribution in [0.4, 0.5) is 5.13 Å². The second kappa shape index (κ2) is 6.05.